The molecule has 1 amide bonds. The Morgan fingerprint density at radius 3 is 2.87 bits per heavy atom. The van der Waals surface area contributed by atoms with Crippen LogP contribution in [0.3, 0.4) is 0 Å². The Balaban J connectivity index is 1.59. The van der Waals surface area contributed by atoms with Gasteiger partial charge in [0.15, 0.2) is 11.5 Å². The van der Waals surface area contributed by atoms with E-state index in [1.807, 2.05) is 18.2 Å². The molecule has 2 aromatic rings. The number of benzene rings is 2. The van der Waals surface area contributed by atoms with Gasteiger partial charge in [0.2, 0.25) is 6.79 Å². The minimum Gasteiger partial charge on any atom is -0.497 e. The third-order valence-electron chi connectivity index (χ3n) is 3.55. The van der Waals surface area contributed by atoms with Crippen molar-refractivity contribution < 1.29 is 19.0 Å². The Labute approximate surface area is 142 Å². The summed E-state index contributed by atoms with van der Waals surface area (Å²) >= 11 is 3.38. The van der Waals surface area contributed by atoms with Gasteiger partial charge in [-0.05, 0) is 58.2 Å². The molecule has 0 atom stereocenters. The van der Waals surface area contributed by atoms with Crippen LogP contribution in [0.1, 0.15) is 15.9 Å². The van der Waals surface area contributed by atoms with Crippen LogP contribution >= 0.6 is 15.9 Å². The minimum absolute atomic E-state index is 0.142. The Morgan fingerprint density at radius 2 is 2.04 bits per heavy atom. The van der Waals surface area contributed by atoms with Crippen molar-refractivity contribution in [3.8, 4) is 17.2 Å². The third kappa shape index (κ3) is 3.59. The van der Waals surface area contributed by atoms with E-state index in [9.17, 15) is 4.79 Å². The summed E-state index contributed by atoms with van der Waals surface area (Å²) in [6, 6.07) is 11.1. The maximum atomic E-state index is 12.3. The van der Waals surface area contributed by atoms with Gasteiger partial charge in [-0.3, -0.25) is 4.79 Å². The van der Waals surface area contributed by atoms with Crippen LogP contribution in [0, 0.1) is 0 Å². The van der Waals surface area contributed by atoms with Crippen LogP contribution in [-0.2, 0) is 6.42 Å². The fourth-order valence-electron chi connectivity index (χ4n) is 2.32. The third-order valence-corrected chi connectivity index (χ3v) is 4.25. The van der Waals surface area contributed by atoms with Crippen molar-refractivity contribution in [3.05, 3.63) is 52.0 Å². The minimum atomic E-state index is -0.142. The maximum Gasteiger partial charge on any atom is 0.252 e. The molecule has 23 heavy (non-hydrogen) atoms. The number of nitrogens with one attached hydrogen (secondary N) is 1. The summed E-state index contributed by atoms with van der Waals surface area (Å²) in [6.07, 6.45) is 0.712. The molecule has 1 N–H and O–H groups in total. The number of carbonyl (C=O) groups is 1. The van der Waals surface area contributed by atoms with Crippen molar-refractivity contribution in [2.75, 3.05) is 20.4 Å². The monoisotopic (exact) mass is 377 g/mol. The summed E-state index contributed by atoms with van der Waals surface area (Å²) in [6.45, 7) is 0.793. The lowest BCUT2D eigenvalue weighted by Crippen LogP contribution is -2.26. The summed E-state index contributed by atoms with van der Waals surface area (Å²) in [5.74, 6) is 2.02. The highest BCUT2D eigenvalue weighted by Gasteiger charge is 2.14. The van der Waals surface area contributed by atoms with Gasteiger partial charge in [0.25, 0.3) is 5.91 Å². The predicted octanol–water partition coefficient (Wildman–Crippen LogP) is 3.16. The van der Waals surface area contributed by atoms with Gasteiger partial charge in [0, 0.05) is 11.0 Å². The van der Waals surface area contributed by atoms with Gasteiger partial charge in [-0.2, -0.15) is 0 Å². The van der Waals surface area contributed by atoms with E-state index in [0.717, 1.165) is 21.5 Å². The zero-order valence-electron chi connectivity index (χ0n) is 12.6. The fraction of sp³-hybridized carbons (Fsp3) is 0.235. The molecule has 1 aliphatic rings. The van der Waals surface area contributed by atoms with Crippen LogP contribution in [0.15, 0.2) is 40.9 Å². The summed E-state index contributed by atoms with van der Waals surface area (Å²) in [5, 5.41) is 2.91. The number of hydrogen-bond acceptors (Lipinski definition) is 4. The van der Waals surface area contributed by atoms with Gasteiger partial charge in [0.05, 0.1) is 12.7 Å². The van der Waals surface area contributed by atoms with E-state index >= 15 is 0 Å². The standard InChI is InChI=1S/C17H16BrNO4/c1-21-12-3-4-14(18)13(9-12)17(20)19-7-6-11-2-5-15-16(8-11)23-10-22-15/h2-5,8-9H,6-7,10H2,1H3,(H,19,20). The summed E-state index contributed by atoms with van der Waals surface area (Å²) in [5.41, 5.74) is 1.63. The topological polar surface area (TPSA) is 56.8 Å². The molecule has 2 aromatic carbocycles. The largest absolute Gasteiger partial charge is 0.497 e. The van der Waals surface area contributed by atoms with E-state index in [1.165, 1.54) is 0 Å². The summed E-state index contributed by atoms with van der Waals surface area (Å²) < 4.78 is 16.5. The van der Waals surface area contributed by atoms with Crippen LogP contribution in [0.25, 0.3) is 0 Å². The first-order valence-corrected chi connectivity index (χ1v) is 7.97. The van der Waals surface area contributed by atoms with Crippen LogP contribution in [0.5, 0.6) is 17.2 Å². The Morgan fingerprint density at radius 1 is 1.22 bits per heavy atom. The van der Waals surface area contributed by atoms with Crippen molar-refractivity contribution in [3.63, 3.8) is 0 Å². The van der Waals surface area contributed by atoms with Gasteiger partial charge in [0.1, 0.15) is 5.75 Å². The van der Waals surface area contributed by atoms with Crippen molar-refractivity contribution in [2.24, 2.45) is 0 Å². The van der Waals surface area contributed by atoms with Gasteiger partial charge in [-0.1, -0.05) is 6.07 Å². The molecule has 0 radical (unpaired) electrons. The van der Waals surface area contributed by atoms with E-state index in [-0.39, 0.29) is 12.7 Å². The highest BCUT2D eigenvalue weighted by atomic mass is 79.9. The zero-order valence-corrected chi connectivity index (χ0v) is 14.2. The lowest BCUT2D eigenvalue weighted by atomic mass is 10.1. The lowest BCUT2D eigenvalue weighted by Gasteiger charge is -2.09. The van der Waals surface area contributed by atoms with Crippen LogP contribution in [-0.4, -0.2) is 26.4 Å². The van der Waals surface area contributed by atoms with Crippen LogP contribution in [0.4, 0.5) is 0 Å². The van der Waals surface area contributed by atoms with E-state index < -0.39 is 0 Å². The molecule has 0 fully saturated rings. The molecular weight excluding hydrogens is 362 g/mol. The number of fused-ring (bicyclic) bond motifs is 1. The normalized spacial score (nSPS) is 12.1. The second-order valence-corrected chi connectivity index (χ2v) is 5.89. The number of methoxy groups -OCH3 is 1. The van der Waals surface area contributed by atoms with Crippen LogP contribution < -0.4 is 19.5 Å². The van der Waals surface area contributed by atoms with Crippen LogP contribution in [0.2, 0.25) is 0 Å². The van der Waals surface area contributed by atoms with Gasteiger partial charge in [-0.15, -0.1) is 0 Å². The molecule has 120 valence electrons. The first kappa shape index (κ1) is 15.7. The smallest absolute Gasteiger partial charge is 0.252 e. The van der Waals surface area contributed by atoms with E-state index in [0.29, 0.717) is 24.3 Å². The Bertz CT molecular complexity index is 733. The zero-order chi connectivity index (χ0) is 16.2. The molecule has 0 spiro atoms. The number of carbonyl (C=O) groups excluding carboxylic acids is 1. The molecule has 3 rings (SSSR count). The predicted molar refractivity (Wildman–Crippen MR) is 89.3 cm³/mol. The molecule has 0 unspecified atom stereocenters. The van der Waals surface area contributed by atoms with E-state index in [1.54, 1.807) is 25.3 Å². The molecule has 0 saturated heterocycles. The average molecular weight is 378 g/mol. The quantitative estimate of drug-likeness (QED) is 0.869. The number of amides is 1. The molecule has 5 nitrogen and oxygen atoms in total. The Kier molecular flexibility index (Phi) is 4.71. The number of halogens is 1. The summed E-state index contributed by atoms with van der Waals surface area (Å²) in [7, 11) is 1.57. The SMILES string of the molecule is COc1ccc(Br)c(C(=O)NCCc2ccc3c(c2)OCO3)c1. The van der Waals surface area contributed by atoms with E-state index in [4.69, 9.17) is 14.2 Å². The van der Waals surface area contributed by atoms with Gasteiger partial charge in [-0.25, -0.2) is 0 Å². The second kappa shape index (κ2) is 6.91. The first-order chi connectivity index (χ1) is 11.2. The van der Waals surface area contributed by atoms with Crippen molar-refractivity contribution in [2.45, 2.75) is 6.42 Å². The molecular formula is C17H16BrNO4. The number of ether oxygens (including phenoxy) is 3. The Hall–Kier alpha value is -2.21. The van der Waals surface area contributed by atoms with Gasteiger partial charge < -0.3 is 19.5 Å². The van der Waals surface area contributed by atoms with Gasteiger partial charge >= 0.3 is 0 Å². The summed E-state index contributed by atoms with van der Waals surface area (Å²) in [4.78, 5) is 12.3. The maximum absolute atomic E-state index is 12.3. The average Bonchev–Trinajstić information content (AvgIpc) is 3.03. The van der Waals surface area contributed by atoms with Crippen molar-refractivity contribution in [1.29, 1.82) is 0 Å². The van der Waals surface area contributed by atoms with Crippen molar-refractivity contribution in [1.82, 2.24) is 5.32 Å². The number of rotatable bonds is 5. The molecule has 0 aromatic heterocycles. The molecule has 0 aliphatic carbocycles. The first-order valence-electron chi connectivity index (χ1n) is 7.17. The molecule has 1 heterocycles. The number of hydrogen-bond donors (Lipinski definition) is 1. The second-order valence-electron chi connectivity index (χ2n) is 5.04. The fourth-order valence-corrected chi connectivity index (χ4v) is 2.74. The van der Waals surface area contributed by atoms with E-state index in [2.05, 4.69) is 21.2 Å². The van der Waals surface area contributed by atoms with Crippen molar-refractivity contribution >= 4 is 21.8 Å². The molecule has 0 saturated carbocycles. The highest BCUT2D eigenvalue weighted by Crippen LogP contribution is 2.32. The lowest BCUT2D eigenvalue weighted by molar-refractivity contribution is 0.0953. The highest BCUT2D eigenvalue weighted by molar-refractivity contribution is 9.10. The molecule has 1 aliphatic heterocycles. The molecule has 6 heteroatoms. The molecule has 0 bridgehead atoms.